The Hall–Kier alpha value is -2.83. The van der Waals surface area contributed by atoms with E-state index in [9.17, 15) is 4.79 Å². The number of carbonyl (C=O) groups excluding carboxylic acids is 1. The fourth-order valence-corrected chi connectivity index (χ4v) is 1.88. The predicted molar refractivity (Wildman–Crippen MR) is 74.3 cm³/mol. The molecule has 1 aromatic carbocycles. The van der Waals surface area contributed by atoms with E-state index >= 15 is 0 Å². The van der Waals surface area contributed by atoms with Crippen LogP contribution in [0.4, 0.5) is 11.4 Å². The van der Waals surface area contributed by atoms with Crippen molar-refractivity contribution in [2.24, 2.45) is 0 Å². The first-order chi connectivity index (χ1) is 9.67. The highest BCUT2D eigenvalue weighted by atomic mass is 16.3. The molecule has 0 aliphatic carbocycles. The third kappa shape index (κ3) is 2.09. The van der Waals surface area contributed by atoms with Crippen molar-refractivity contribution >= 4 is 28.4 Å². The summed E-state index contributed by atoms with van der Waals surface area (Å²) in [7, 11) is 0. The molecule has 102 valence electrons. The smallest absolute Gasteiger partial charge is 0.275 e. The summed E-state index contributed by atoms with van der Waals surface area (Å²) < 4.78 is 5.51. The van der Waals surface area contributed by atoms with Gasteiger partial charge in [-0.05, 0) is 18.2 Å². The molecular formula is C13H13N5O2. The maximum Gasteiger partial charge on any atom is 0.275 e. The number of nitrogens with zero attached hydrogens (tertiary/aromatic N) is 2. The van der Waals surface area contributed by atoms with Crippen LogP contribution in [0, 0.1) is 0 Å². The molecule has 20 heavy (non-hydrogen) atoms. The summed E-state index contributed by atoms with van der Waals surface area (Å²) in [5, 5.41) is 9.00. The average Bonchev–Trinajstić information content (AvgIpc) is 3.03. The van der Waals surface area contributed by atoms with Gasteiger partial charge in [-0.25, -0.2) is 4.98 Å². The highest BCUT2D eigenvalue weighted by Crippen LogP contribution is 2.21. The molecule has 0 bridgehead atoms. The van der Waals surface area contributed by atoms with Gasteiger partial charge in [-0.15, -0.1) is 0 Å². The molecule has 0 atom stereocenters. The normalized spacial score (nSPS) is 10.8. The highest BCUT2D eigenvalue weighted by molar-refractivity contribution is 6.06. The summed E-state index contributed by atoms with van der Waals surface area (Å²) >= 11 is 0. The number of aryl methyl sites for hydroxylation is 1. The zero-order valence-corrected chi connectivity index (χ0v) is 10.8. The lowest BCUT2D eigenvalue weighted by molar-refractivity contribution is 0.102. The van der Waals surface area contributed by atoms with Crippen molar-refractivity contribution in [1.29, 1.82) is 0 Å². The number of nitrogen functional groups attached to an aromatic ring is 1. The zero-order valence-electron chi connectivity index (χ0n) is 10.8. The van der Waals surface area contributed by atoms with Crippen LogP contribution in [0.25, 0.3) is 11.1 Å². The molecule has 1 amide bonds. The number of nitrogens with two attached hydrogens (primary N) is 1. The number of aromatic nitrogens is 3. The Morgan fingerprint density at radius 3 is 3.05 bits per heavy atom. The lowest BCUT2D eigenvalue weighted by Crippen LogP contribution is -2.14. The quantitative estimate of drug-likeness (QED) is 0.674. The molecular weight excluding hydrogens is 258 g/mol. The van der Waals surface area contributed by atoms with Crippen molar-refractivity contribution in [1.82, 2.24) is 15.2 Å². The molecule has 0 saturated carbocycles. The van der Waals surface area contributed by atoms with Gasteiger partial charge in [0.05, 0.1) is 11.9 Å². The number of H-pyrrole nitrogens is 1. The number of aromatic amines is 1. The van der Waals surface area contributed by atoms with Crippen molar-refractivity contribution in [3.8, 4) is 0 Å². The summed E-state index contributed by atoms with van der Waals surface area (Å²) in [6, 6.07) is 5.27. The summed E-state index contributed by atoms with van der Waals surface area (Å²) in [4.78, 5) is 16.3. The van der Waals surface area contributed by atoms with Gasteiger partial charge in [0.1, 0.15) is 11.2 Å². The maximum atomic E-state index is 12.0. The van der Waals surface area contributed by atoms with Gasteiger partial charge in [0.15, 0.2) is 11.5 Å². The first-order valence-electron chi connectivity index (χ1n) is 6.17. The SMILES string of the molecule is CCc1nc2cc(NC(=O)c3[nH]ncc3N)ccc2o1. The number of amides is 1. The fourth-order valence-electron chi connectivity index (χ4n) is 1.88. The van der Waals surface area contributed by atoms with Gasteiger partial charge in [0.2, 0.25) is 0 Å². The number of nitrogens with one attached hydrogen (secondary N) is 2. The summed E-state index contributed by atoms with van der Waals surface area (Å²) in [5.74, 6) is 0.319. The largest absolute Gasteiger partial charge is 0.441 e. The van der Waals surface area contributed by atoms with E-state index in [-0.39, 0.29) is 11.6 Å². The molecule has 7 heteroatoms. The van der Waals surface area contributed by atoms with Gasteiger partial charge in [-0.3, -0.25) is 9.89 Å². The average molecular weight is 271 g/mol. The molecule has 7 nitrogen and oxygen atoms in total. The molecule has 0 saturated heterocycles. The molecule has 0 aliphatic heterocycles. The van der Waals surface area contributed by atoms with Crippen LogP contribution < -0.4 is 11.1 Å². The first kappa shape index (κ1) is 12.2. The second-order valence-electron chi connectivity index (χ2n) is 4.30. The molecule has 0 spiro atoms. The Bertz CT molecular complexity index is 774. The Labute approximate surface area is 114 Å². The minimum atomic E-state index is -0.349. The van der Waals surface area contributed by atoms with Crippen molar-refractivity contribution in [2.45, 2.75) is 13.3 Å². The minimum absolute atomic E-state index is 0.236. The summed E-state index contributed by atoms with van der Waals surface area (Å²) in [6.45, 7) is 1.97. The van der Waals surface area contributed by atoms with Crippen molar-refractivity contribution in [3.05, 3.63) is 36.0 Å². The zero-order chi connectivity index (χ0) is 14.1. The van der Waals surface area contributed by atoms with E-state index < -0.39 is 0 Å². The second kappa shape index (κ2) is 4.69. The van der Waals surface area contributed by atoms with Gasteiger partial charge < -0.3 is 15.5 Å². The number of oxazole rings is 1. The minimum Gasteiger partial charge on any atom is -0.441 e. The maximum absolute atomic E-state index is 12.0. The molecule has 0 unspecified atom stereocenters. The van der Waals surface area contributed by atoms with Gasteiger partial charge >= 0.3 is 0 Å². The van der Waals surface area contributed by atoms with Crippen LogP contribution in [0.2, 0.25) is 0 Å². The monoisotopic (exact) mass is 271 g/mol. The molecule has 4 N–H and O–H groups in total. The molecule has 2 aromatic heterocycles. The number of fused-ring (bicyclic) bond motifs is 1. The molecule has 3 aromatic rings. The van der Waals surface area contributed by atoms with Crippen LogP contribution in [0.1, 0.15) is 23.3 Å². The second-order valence-corrected chi connectivity index (χ2v) is 4.30. The Balaban J connectivity index is 1.87. The number of carbonyl (C=O) groups is 1. The number of anilines is 2. The van der Waals surface area contributed by atoms with Gasteiger partial charge in [0.25, 0.3) is 5.91 Å². The van der Waals surface area contributed by atoms with Crippen LogP contribution in [-0.4, -0.2) is 21.1 Å². The Morgan fingerprint density at radius 2 is 2.35 bits per heavy atom. The van der Waals surface area contributed by atoms with Crippen LogP contribution in [-0.2, 0) is 6.42 Å². The van der Waals surface area contributed by atoms with Gasteiger partial charge in [-0.1, -0.05) is 6.92 Å². The summed E-state index contributed by atoms with van der Waals surface area (Å²) in [5.41, 5.74) is 8.18. The van der Waals surface area contributed by atoms with E-state index in [1.54, 1.807) is 18.2 Å². The van der Waals surface area contributed by atoms with E-state index in [1.807, 2.05) is 6.92 Å². The van der Waals surface area contributed by atoms with Crippen LogP contribution in [0.15, 0.2) is 28.8 Å². The number of benzene rings is 1. The van der Waals surface area contributed by atoms with E-state index in [1.165, 1.54) is 6.20 Å². The van der Waals surface area contributed by atoms with Crippen LogP contribution >= 0.6 is 0 Å². The van der Waals surface area contributed by atoms with Crippen LogP contribution in [0.3, 0.4) is 0 Å². The molecule has 0 fully saturated rings. The topological polar surface area (TPSA) is 110 Å². The Morgan fingerprint density at radius 1 is 1.50 bits per heavy atom. The number of hydrogen-bond donors (Lipinski definition) is 3. The van der Waals surface area contributed by atoms with Crippen molar-refractivity contribution in [3.63, 3.8) is 0 Å². The predicted octanol–water partition coefficient (Wildman–Crippen LogP) is 1.95. The summed E-state index contributed by atoms with van der Waals surface area (Å²) in [6.07, 6.45) is 2.12. The third-order valence-corrected chi connectivity index (χ3v) is 2.89. The number of rotatable bonds is 3. The third-order valence-electron chi connectivity index (χ3n) is 2.89. The molecule has 0 aliphatic rings. The van der Waals surface area contributed by atoms with Gasteiger partial charge in [-0.2, -0.15) is 5.10 Å². The first-order valence-corrected chi connectivity index (χ1v) is 6.17. The van der Waals surface area contributed by atoms with E-state index in [4.69, 9.17) is 10.2 Å². The fraction of sp³-hybridized carbons (Fsp3) is 0.154. The molecule has 0 radical (unpaired) electrons. The number of hydrogen-bond acceptors (Lipinski definition) is 5. The van der Waals surface area contributed by atoms with E-state index in [0.29, 0.717) is 28.4 Å². The van der Waals surface area contributed by atoms with E-state index in [2.05, 4.69) is 20.5 Å². The van der Waals surface area contributed by atoms with Crippen molar-refractivity contribution in [2.75, 3.05) is 11.1 Å². The van der Waals surface area contributed by atoms with E-state index in [0.717, 1.165) is 6.42 Å². The molecule has 3 rings (SSSR count). The highest BCUT2D eigenvalue weighted by Gasteiger charge is 2.13. The van der Waals surface area contributed by atoms with Crippen LogP contribution in [0.5, 0.6) is 0 Å². The Kier molecular flexibility index (Phi) is 2.86. The van der Waals surface area contributed by atoms with Gasteiger partial charge in [0, 0.05) is 12.1 Å². The van der Waals surface area contributed by atoms with Crippen molar-refractivity contribution < 1.29 is 9.21 Å². The molecule has 2 heterocycles. The standard InChI is InChI=1S/C13H13N5O2/c1-2-11-17-9-5-7(3-4-10(9)20-11)16-13(19)12-8(14)6-15-18-12/h3-6H,2,14H2,1H3,(H,15,18)(H,16,19). The lowest BCUT2D eigenvalue weighted by atomic mass is 10.2. The lowest BCUT2D eigenvalue weighted by Gasteiger charge is -2.03.